The largest absolute Gasteiger partial charge is 0.497 e. The van der Waals surface area contributed by atoms with Gasteiger partial charge in [0.05, 0.1) is 13.5 Å². The van der Waals surface area contributed by atoms with Crippen molar-refractivity contribution in [1.29, 1.82) is 0 Å². The lowest BCUT2D eigenvalue weighted by Gasteiger charge is -2.06. The number of benzene rings is 1. The van der Waals surface area contributed by atoms with Crippen molar-refractivity contribution in [1.82, 2.24) is 10.6 Å². The van der Waals surface area contributed by atoms with Crippen LogP contribution in [0.4, 0.5) is 0 Å². The fourth-order valence-corrected chi connectivity index (χ4v) is 1.50. The quantitative estimate of drug-likeness (QED) is 0.693. The number of rotatable bonds is 7. The Morgan fingerprint density at radius 3 is 2.88 bits per heavy atom. The molecular weight excluding hydrogens is 216 g/mol. The second kappa shape index (κ2) is 7.68. The topological polar surface area (TPSA) is 50.4 Å². The number of likely N-dealkylation sites (N-methyl/N-ethyl adjacent to an activating group) is 1. The van der Waals surface area contributed by atoms with Gasteiger partial charge >= 0.3 is 0 Å². The van der Waals surface area contributed by atoms with Crippen LogP contribution in [0.3, 0.4) is 0 Å². The lowest BCUT2D eigenvalue weighted by molar-refractivity contribution is -0.120. The van der Waals surface area contributed by atoms with E-state index in [9.17, 15) is 4.79 Å². The van der Waals surface area contributed by atoms with Crippen LogP contribution in [0.5, 0.6) is 5.75 Å². The summed E-state index contributed by atoms with van der Waals surface area (Å²) in [5.74, 6) is 0.819. The van der Waals surface area contributed by atoms with Crippen molar-refractivity contribution >= 4 is 5.91 Å². The zero-order chi connectivity index (χ0) is 12.5. The van der Waals surface area contributed by atoms with E-state index in [1.807, 2.05) is 31.2 Å². The number of hydrogen-bond acceptors (Lipinski definition) is 3. The molecule has 2 N–H and O–H groups in total. The number of amides is 1. The first-order chi connectivity index (χ1) is 8.26. The van der Waals surface area contributed by atoms with Gasteiger partial charge in [0.25, 0.3) is 0 Å². The molecule has 4 heteroatoms. The Kier molecular flexibility index (Phi) is 6.10. The van der Waals surface area contributed by atoms with Crippen LogP contribution < -0.4 is 15.4 Å². The number of hydrogen-bond donors (Lipinski definition) is 2. The van der Waals surface area contributed by atoms with E-state index in [4.69, 9.17) is 4.74 Å². The minimum atomic E-state index is 0.0381. The minimum Gasteiger partial charge on any atom is -0.497 e. The lowest BCUT2D eigenvalue weighted by atomic mass is 10.1. The van der Waals surface area contributed by atoms with Gasteiger partial charge in [0.15, 0.2) is 0 Å². The number of nitrogens with one attached hydrogen (secondary N) is 2. The van der Waals surface area contributed by atoms with Crippen LogP contribution in [0.15, 0.2) is 24.3 Å². The number of methoxy groups -OCH3 is 1. The molecule has 0 aliphatic heterocycles. The molecule has 94 valence electrons. The molecule has 1 aromatic carbocycles. The predicted octanol–water partition coefficient (Wildman–Crippen LogP) is 0.963. The molecule has 0 fully saturated rings. The lowest BCUT2D eigenvalue weighted by Crippen LogP contribution is -2.32. The first-order valence-electron chi connectivity index (χ1n) is 5.86. The third-order valence-corrected chi connectivity index (χ3v) is 2.37. The van der Waals surface area contributed by atoms with Crippen molar-refractivity contribution < 1.29 is 9.53 Å². The molecule has 4 nitrogen and oxygen atoms in total. The molecule has 0 unspecified atom stereocenters. The van der Waals surface area contributed by atoms with E-state index in [1.54, 1.807) is 7.11 Å². The van der Waals surface area contributed by atoms with Crippen molar-refractivity contribution in [2.24, 2.45) is 0 Å². The molecule has 0 atom stereocenters. The molecule has 1 amide bonds. The van der Waals surface area contributed by atoms with Crippen LogP contribution in [0.25, 0.3) is 0 Å². The summed E-state index contributed by atoms with van der Waals surface area (Å²) in [5.41, 5.74) is 0.963. The van der Waals surface area contributed by atoms with E-state index in [2.05, 4.69) is 10.6 Å². The first kappa shape index (κ1) is 13.5. The Hall–Kier alpha value is -1.55. The van der Waals surface area contributed by atoms with E-state index in [-0.39, 0.29) is 5.91 Å². The van der Waals surface area contributed by atoms with Crippen LogP contribution in [0.1, 0.15) is 12.5 Å². The van der Waals surface area contributed by atoms with Crippen molar-refractivity contribution in [2.45, 2.75) is 13.3 Å². The number of carbonyl (C=O) groups excluding carboxylic acids is 1. The molecule has 0 saturated carbocycles. The minimum absolute atomic E-state index is 0.0381. The van der Waals surface area contributed by atoms with E-state index in [0.717, 1.165) is 24.4 Å². The van der Waals surface area contributed by atoms with Crippen molar-refractivity contribution in [3.8, 4) is 5.75 Å². The Labute approximate surface area is 102 Å². The summed E-state index contributed by atoms with van der Waals surface area (Å²) >= 11 is 0. The molecule has 0 aliphatic carbocycles. The fraction of sp³-hybridized carbons (Fsp3) is 0.462. The van der Waals surface area contributed by atoms with Gasteiger partial charge in [-0.05, 0) is 24.2 Å². The number of ether oxygens (including phenoxy) is 1. The maximum Gasteiger partial charge on any atom is 0.224 e. The molecule has 0 bridgehead atoms. The zero-order valence-electron chi connectivity index (χ0n) is 10.5. The van der Waals surface area contributed by atoms with Gasteiger partial charge < -0.3 is 15.4 Å². The smallest absolute Gasteiger partial charge is 0.224 e. The predicted molar refractivity (Wildman–Crippen MR) is 68.3 cm³/mol. The summed E-state index contributed by atoms with van der Waals surface area (Å²) in [4.78, 5) is 11.6. The van der Waals surface area contributed by atoms with Gasteiger partial charge in [-0.15, -0.1) is 0 Å². The van der Waals surface area contributed by atoms with Crippen molar-refractivity contribution in [3.63, 3.8) is 0 Å². The molecule has 0 aromatic heterocycles. The van der Waals surface area contributed by atoms with Crippen LogP contribution in [-0.2, 0) is 11.2 Å². The van der Waals surface area contributed by atoms with Crippen LogP contribution in [-0.4, -0.2) is 32.7 Å². The highest BCUT2D eigenvalue weighted by Gasteiger charge is 2.03. The number of carbonyl (C=O) groups is 1. The Morgan fingerprint density at radius 1 is 1.35 bits per heavy atom. The molecule has 17 heavy (non-hydrogen) atoms. The second-order valence-corrected chi connectivity index (χ2v) is 3.73. The summed E-state index contributed by atoms with van der Waals surface area (Å²) in [7, 11) is 1.62. The van der Waals surface area contributed by atoms with Crippen LogP contribution in [0.2, 0.25) is 0 Å². The van der Waals surface area contributed by atoms with Gasteiger partial charge in [-0.1, -0.05) is 19.1 Å². The average molecular weight is 236 g/mol. The van der Waals surface area contributed by atoms with Gasteiger partial charge in [0.1, 0.15) is 5.75 Å². The highest BCUT2D eigenvalue weighted by atomic mass is 16.5. The molecule has 0 radical (unpaired) electrons. The maximum atomic E-state index is 11.6. The highest BCUT2D eigenvalue weighted by Crippen LogP contribution is 2.12. The van der Waals surface area contributed by atoms with Crippen LogP contribution in [0, 0.1) is 0 Å². The van der Waals surface area contributed by atoms with Gasteiger partial charge in [-0.3, -0.25) is 4.79 Å². The monoisotopic (exact) mass is 236 g/mol. The van der Waals surface area contributed by atoms with Gasteiger partial charge in [0.2, 0.25) is 5.91 Å². The zero-order valence-corrected chi connectivity index (χ0v) is 10.5. The average Bonchev–Trinajstić information content (AvgIpc) is 2.35. The normalized spacial score (nSPS) is 10.0. The summed E-state index contributed by atoms with van der Waals surface area (Å²) < 4.78 is 5.11. The molecule has 1 rings (SSSR count). The van der Waals surface area contributed by atoms with Crippen LogP contribution >= 0.6 is 0 Å². The Bertz CT molecular complexity index is 353. The van der Waals surface area contributed by atoms with E-state index in [1.165, 1.54) is 0 Å². The Balaban J connectivity index is 2.34. The third kappa shape index (κ3) is 5.36. The van der Waals surface area contributed by atoms with Crippen molar-refractivity contribution in [2.75, 3.05) is 26.7 Å². The molecule has 1 aromatic rings. The van der Waals surface area contributed by atoms with E-state index < -0.39 is 0 Å². The summed E-state index contributed by atoms with van der Waals surface area (Å²) in [6.45, 7) is 4.43. The Morgan fingerprint density at radius 2 is 2.18 bits per heavy atom. The first-order valence-corrected chi connectivity index (χ1v) is 5.86. The molecule has 0 aliphatic rings. The SMILES string of the molecule is CCNCCNC(=O)Cc1cccc(OC)c1. The van der Waals surface area contributed by atoms with Gasteiger partial charge in [-0.25, -0.2) is 0 Å². The molecule has 0 spiro atoms. The summed E-state index contributed by atoms with van der Waals surface area (Å²) in [6, 6.07) is 7.56. The highest BCUT2D eigenvalue weighted by molar-refractivity contribution is 5.78. The molecular formula is C13H20N2O2. The second-order valence-electron chi connectivity index (χ2n) is 3.73. The van der Waals surface area contributed by atoms with E-state index in [0.29, 0.717) is 13.0 Å². The third-order valence-electron chi connectivity index (χ3n) is 2.37. The fourth-order valence-electron chi connectivity index (χ4n) is 1.50. The molecule has 0 saturated heterocycles. The molecule has 0 heterocycles. The summed E-state index contributed by atoms with van der Waals surface area (Å²) in [6.07, 6.45) is 0.392. The van der Waals surface area contributed by atoms with Crippen molar-refractivity contribution in [3.05, 3.63) is 29.8 Å². The van der Waals surface area contributed by atoms with E-state index >= 15 is 0 Å². The standard InChI is InChI=1S/C13H20N2O2/c1-3-14-7-8-15-13(16)10-11-5-4-6-12(9-11)17-2/h4-6,9,14H,3,7-8,10H2,1-2H3,(H,15,16). The maximum absolute atomic E-state index is 11.6. The summed E-state index contributed by atoms with van der Waals surface area (Å²) in [5, 5.41) is 6.01. The van der Waals surface area contributed by atoms with Gasteiger partial charge in [0, 0.05) is 13.1 Å². The van der Waals surface area contributed by atoms with Gasteiger partial charge in [-0.2, -0.15) is 0 Å².